The van der Waals surface area contributed by atoms with Gasteiger partial charge >= 0.3 is 0 Å². The lowest BCUT2D eigenvalue weighted by Gasteiger charge is -2.24. The maximum atomic E-state index is 13.8. The van der Waals surface area contributed by atoms with Gasteiger partial charge < -0.3 is 14.8 Å². The third-order valence-electron chi connectivity index (χ3n) is 5.19. The molecular formula is C21H21FN4S. The van der Waals surface area contributed by atoms with Crippen LogP contribution in [0.4, 0.5) is 4.39 Å². The van der Waals surface area contributed by atoms with Crippen molar-refractivity contribution in [3.8, 4) is 5.69 Å². The van der Waals surface area contributed by atoms with Crippen LogP contribution < -0.4 is 5.32 Å². The summed E-state index contributed by atoms with van der Waals surface area (Å²) >= 11 is 5.52. The van der Waals surface area contributed by atoms with E-state index in [4.69, 9.17) is 12.2 Å². The highest BCUT2D eigenvalue weighted by Gasteiger charge is 2.39. The van der Waals surface area contributed by atoms with Crippen LogP contribution in [0.5, 0.6) is 0 Å². The summed E-state index contributed by atoms with van der Waals surface area (Å²) in [4.78, 5) is 6.60. The number of rotatable bonds is 3. The minimum absolute atomic E-state index is 0.0147. The Balaban J connectivity index is 1.82. The number of pyridine rings is 1. The van der Waals surface area contributed by atoms with Crippen LogP contribution in [-0.2, 0) is 0 Å². The van der Waals surface area contributed by atoms with Gasteiger partial charge in [-0.25, -0.2) is 4.39 Å². The number of thiocarbonyl (C=S) groups is 1. The zero-order chi connectivity index (χ0) is 19.1. The Morgan fingerprint density at radius 2 is 1.93 bits per heavy atom. The first-order valence-corrected chi connectivity index (χ1v) is 9.27. The summed E-state index contributed by atoms with van der Waals surface area (Å²) in [7, 11) is 2.00. The van der Waals surface area contributed by atoms with Gasteiger partial charge in [-0.2, -0.15) is 0 Å². The summed E-state index contributed by atoms with van der Waals surface area (Å²) in [5.74, 6) is -0.242. The van der Waals surface area contributed by atoms with Gasteiger partial charge in [0.2, 0.25) is 0 Å². The van der Waals surface area contributed by atoms with E-state index in [0.29, 0.717) is 5.11 Å². The van der Waals surface area contributed by atoms with Crippen molar-refractivity contribution in [3.05, 3.63) is 83.2 Å². The molecule has 1 saturated heterocycles. The number of halogens is 1. The van der Waals surface area contributed by atoms with Crippen molar-refractivity contribution in [3.63, 3.8) is 0 Å². The molecule has 3 aromatic rings. The largest absolute Gasteiger partial charge is 0.352 e. The van der Waals surface area contributed by atoms with Crippen LogP contribution in [0.15, 0.2) is 54.7 Å². The summed E-state index contributed by atoms with van der Waals surface area (Å²) < 4.78 is 15.9. The average molecular weight is 380 g/mol. The summed E-state index contributed by atoms with van der Waals surface area (Å²) in [6, 6.07) is 14.7. The van der Waals surface area contributed by atoms with Crippen LogP contribution in [0.25, 0.3) is 5.69 Å². The van der Waals surface area contributed by atoms with Crippen molar-refractivity contribution in [1.29, 1.82) is 0 Å². The first-order chi connectivity index (χ1) is 13.0. The standard InChI is InChI=1S/C21H21FN4S/c1-13-11-17(14(2)26(13)16-8-6-7-15(22)12-16)20-19(24-21(27)25(20)3)18-9-4-5-10-23-18/h4-12,19-20H,1-3H3,(H,24,27)/t19-,20-/m0/s1. The highest BCUT2D eigenvalue weighted by atomic mass is 32.1. The second-order valence-electron chi connectivity index (χ2n) is 6.88. The van der Waals surface area contributed by atoms with Gasteiger partial charge in [0.25, 0.3) is 0 Å². The third-order valence-corrected chi connectivity index (χ3v) is 5.60. The molecule has 4 nitrogen and oxygen atoms in total. The normalized spacial score (nSPS) is 19.4. The average Bonchev–Trinajstić information content (AvgIpc) is 3.11. The van der Waals surface area contributed by atoms with Gasteiger partial charge in [-0.05, 0) is 68.0 Å². The quantitative estimate of drug-likeness (QED) is 0.690. The topological polar surface area (TPSA) is 33.1 Å². The molecule has 3 heterocycles. The Labute approximate surface area is 163 Å². The Morgan fingerprint density at radius 3 is 2.63 bits per heavy atom. The number of aromatic nitrogens is 2. The van der Waals surface area contributed by atoms with Crippen molar-refractivity contribution >= 4 is 17.3 Å². The van der Waals surface area contributed by atoms with E-state index in [0.717, 1.165) is 28.3 Å². The van der Waals surface area contributed by atoms with Gasteiger partial charge in [0, 0.05) is 30.3 Å². The van der Waals surface area contributed by atoms with Crippen LogP contribution in [0.2, 0.25) is 0 Å². The van der Waals surface area contributed by atoms with Gasteiger partial charge in [0.15, 0.2) is 5.11 Å². The zero-order valence-electron chi connectivity index (χ0n) is 15.5. The van der Waals surface area contributed by atoms with E-state index in [1.54, 1.807) is 18.3 Å². The number of hydrogen-bond donors (Lipinski definition) is 1. The second-order valence-corrected chi connectivity index (χ2v) is 7.27. The molecule has 4 rings (SSSR count). The molecule has 0 aliphatic carbocycles. The molecule has 1 fully saturated rings. The molecule has 0 bridgehead atoms. The Hall–Kier alpha value is -2.73. The number of nitrogens with zero attached hydrogens (tertiary/aromatic N) is 3. The van der Waals surface area contributed by atoms with E-state index in [9.17, 15) is 4.39 Å². The Kier molecular flexibility index (Phi) is 4.44. The molecule has 0 amide bonds. The maximum absolute atomic E-state index is 13.8. The Morgan fingerprint density at radius 1 is 1.11 bits per heavy atom. The van der Waals surface area contributed by atoms with Crippen LogP contribution in [0.3, 0.4) is 0 Å². The molecule has 1 aliphatic heterocycles. The van der Waals surface area contributed by atoms with Crippen LogP contribution in [0.1, 0.15) is 34.7 Å². The molecule has 2 aromatic heterocycles. The van der Waals surface area contributed by atoms with Gasteiger partial charge in [0.05, 0.1) is 17.8 Å². The molecule has 1 N–H and O–H groups in total. The maximum Gasteiger partial charge on any atom is 0.169 e. The van der Waals surface area contributed by atoms with Crippen LogP contribution in [-0.4, -0.2) is 26.6 Å². The molecule has 2 atom stereocenters. The fourth-order valence-electron chi connectivity index (χ4n) is 3.95. The van der Waals surface area contributed by atoms with Gasteiger partial charge in [-0.3, -0.25) is 4.98 Å². The van der Waals surface area contributed by atoms with Gasteiger partial charge in [-0.15, -0.1) is 0 Å². The lowest BCUT2D eigenvalue weighted by Crippen LogP contribution is -2.25. The molecule has 1 aromatic carbocycles. The second kappa shape index (κ2) is 6.78. The van der Waals surface area contributed by atoms with Crippen molar-refractivity contribution in [2.24, 2.45) is 0 Å². The lowest BCUT2D eigenvalue weighted by atomic mass is 9.97. The molecule has 27 heavy (non-hydrogen) atoms. The molecule has 6 heteroatoms. The van der Waals surface area contributed by atoms with Crippen molar-refractivity contribution < 1.29 is 4.39 Å². The Bertz CT molecular complexity index is 999. The number of hydrogen-bond acceptors (Lipinski definition) is 2. The summed E-state index contributed by atoms with van der Waals surface area (Å²) in [5, 5.41) is 4.10. The molecule has 0 saturated carbocycles. The summed E-state index contributed by atoms with van der Waals surface area (Å²) in [6.45, 7) is 4.11. The van der Waals surface area contributed by atoms with Crippen molar-refractivity contribution in [2.75, 3.05) is 7.05 Å². The van der Waals surface area contributed by atoms with E-state index >= 15 is 0 Å². The minimum atomic E-state index is -0.242. The number of nitrogens with one attached hydrogen (secondary N) is 1. The van der Waals surface area contributed by atoms with Crippen LogP contribution >= 0.6 is 12.2 Å². The fraction of sp³-hybridized carbons (Fsp3) is 0.238. The van der Waals surface area contributed by atoms with E-state index in [2.05, 4.69) is 32.8 Å². The van der Waals surface area contributed by atoms with Gasteiger partial charge in [0.1, 0.15) is 5.82 Å². The highest BCUT2D eigenvalue weighted by Crippen LogP contribution is 2.40. The van der Waals surface area contributed by atoms with E-state index in [1.165, 1.54) is 6.07 Å². The zero-order valence-corrected chi connectivity index (χ0v) is 16.3. The lowest BCUT2D eigenvalue weighted by molar-refractivity contribution is 0.367. The summed E-state index contributed by atoms with van der Waals surface area (Å²) in [5.41, 5.74) is 5.05. The molecule has 0 radical (unpaired) electrons. The molecule has 0 spiro atoms. The first-order valence-electron chi connectivity index (χ1n) is 8.86. The smallest absolute Gasteiger partial charge is 0.169 e. The number of likely N-dealkylation sites (N-methyl/N-ethyl adjacent to an activating group) is 1. The van der Waals surface area contributed by atoms with Crippen molar-refractivity contribution in [2.45, 2.75) is 25.9 Å². The van der Waals surface area contributed by atoms with E-state index in [1.807, 2.05) is 38.2 Å². The predicted octanol–water partition coefficient (Wildman–Crippen LogP) is 4.23. The molecule has 138 valence electrons. The predicted molar refractivity (Wildman–Crippen MR) is 108 cm³/mol. The SMILES string of the molecule is Cc1cc([C@H]2[C@H](c3ccccn3)NC(=S)N2C)c(C)n1-c1cccc(F)c1. The number of benzene rings is 1. The van der Waals surface area contributed by atoms with E-state index in [-0.39, 0.29) is 17.9 Å². The fourth-order valence-corrected chi connectivity index (χ4v) is 4.19. The molecular weight excluding hydrogens is 359 g/mol. The summed E-state index contributed by atoms with van der Waals surface area (Å²) in [6.07, 6.45) is 1.80. The minimum Gasteiger partial charge on any atom is -0.352 e. The van der Waals surface area contributed by atoms with Crippen molar-refractivity contribution in [1.82, 2.24) is 19.8 Å². The van der Waals surface area contributed by atoms with E-state index < -0.39 is 0 Å². The van der Waals surface area contributed by atoms with Crippen LogP contribution in [0, 0.1) is 19.7 Å². The number of aryl methyl sites for hydroxylation is 1. The first kappa shape index (κ1) is 17.7. The van der Waals surface area contributed by atoms with Gasteiger partial charge in [-0.1, -0.05) is 12.1 Å². The molecule has 0 unspecified atom stereocenters. The monoisotopic (exact) mass is 380 g/mol. The highest BCUT2D eigenvalue weighted by molar-refractivity contribution is 7.80. The third kappa shape index (κ3) is 3.00. The molecule has 1 aliphatic rings.